The molecule has 2 unspecified atom stereocenters. The van der Waals surface area contributed by atoms with E-state index < -0.39 is 10.9 Å². The number of allylic oxidation sites excluding steroid dienone is 1. The maximum absolute atomic E-state index is 12.3. The van der Waals surface area contributed by atoms with Crippen LogP contribution < -0.4 is 11.1 Å². The summed E-state index contributed by atoms with van der Waals surface area (Å²) in [6.07, 6.45) is 7.83. The van der Waals surface area contributed by atoms with E-state index in [9.17, 15) is 4.79 Å². The summed E-state index contributed by atoms with van der Waals surface area (Å²) in [4.78, 5) is 16.7. The topological polar surface area (TPSA) is 67.5 Å². The number of para-hydroxylation sites is 1. The van der Waals surface area contributed by atoms with Gasteiger partial charge in [-0.15, -0.1) is 0 Å². The quantitative estimate of drug-likeness (QED) is 0.617. The van der Waals surface area contributed by atoms with E-state index in [4.69, 9.17) is 17.3 Å². The third kappa shape index (κ3) is 3.74. The lowest BCUT2D eigenvalue weighted by Gasteiger charge is -2.42. The summed E-state index contributed by atoms with van der Waals surface area (Å²) in [6.45, 7) is 2.85. The Morgan fingerprint density at radius 1 is 1.28 bits per heavy atom. The Morgan fingerprint density at radius 2 is 1.96 bits per heavy atom. The zero-order chi connectivity index (χ0) is 17.9. The second-order valence-corrected chi connectivity index (χ2v) is 7.61. The zero-order valence-corrected chi connectivity index (χ0v) is 15.4. The molecule has 0 spiro atoms. The number of nitrogens with one attached hydrogen (secondary N) is 1. The standard InChI is InChI=1S/C20H26ClN3O/c1-14-11-12-20(19(22)25,18(21)24-14)16-9-7-15(8-10-16)13-23-17-5-3-2-4-6-17/h2-6,11-12,15-16,18,23H,7-10,13H2,1H3,(H2,22,25). The van der Waals surface area contributed by atoms with Gasteiger partial charge >= 0.3 is 0 Å². The van der Waals surface area contributed by atoms with Crippen LogP contribution in [-0.2, 0) is 4.79 Å². The van der Waals surface area contributed by atoms with E-state index in [1.165, 1.54) is 0 Å². The fraction of sp³-hybridized carbons (Fsp3) is 0.500. The molecule has 1 heterocycles. The summed E-state index contributed by atoms with van der Waals surface area (Å²) in [6, 6.07) is 10.3. The average molecular weight is 360 g/mol. The van der Waals surface area contributed by atoms with Crippen molar-refractivity contribution in [3.05, 3.63) is 42.5 Å². The molecule has 0 aromatic heterocycles. The fourth-order valence-electron chi connectivity index (χ4n) is 4.06. The number of anilines is 1. The Kier molecular flexibility index (Phi) is 5.48. The number of carbonyl (C=O) groups is 1. The third-order valence-electron chi connectivity index (χ3n) is 5.63. The fourth-order valence-corrected chi connectivity index (χ4v) is 4.57. The molecule has 1 aromatic carbocycles. The molecule has 1 aromatic rings. The largest absolute Gasteiger partial charge is 0.385 e. The predicted molar refractivity (Wildman–Crippen MR) is 104 cm³/mol. The molecule has 1 fully saturated rings. The van der Waals surface area contributed by atoms with Crippen LogP contribution in [0.2, 0.25) is 0 Å². The number of primary amides is 1. The highest BCUT2D eigenvalue weighted by molar-refractivity contribution is 6.24. The number of nitrogens with zero attached hydrogens (tertiary/aromatic N) is 1. The number of nitrogens with two attached hydrogens (primary N) is 1. The first-order valence-electron chi connectivity index (χ1n) is 8.99. The van der Waals surface area contributed by atoms with Crippen molar-refractivity contribution in [1.82, 2.24) is 0 Å². The van der Waals surface area contributed by atoms with Crippen molar-refractivity contribution in [3.63, 3.8) is 0 Å². The van der Waals surface area contributed by atoms with Crippen LogP contribution in [-0.4, -0.2) is 23.7 Å². The highest BCUT2D eigenvalue weighted by Crippen LogP contribution is 2.47. The Balaban J connectivity index is 1.61. The van der Waals surface area contributed by atoms with Crippen molar-refractivity contribution < 1.29 is 4.79 Å². The number of hydrogen-bond acceptors (Lipinski definition) is 3. The molecule has 1 aliphatic carbocycles. The second kappa shape index (κ2) is 7.61. The van der Waals surface area contributed by atoms with Crippen LogP contribution in [0.15, 0.2) is 47.5 Å². The second-order valence-electron chi connectivity index (χ2n) is 7.20. The van der Waals surface area contributed by atoms with Crippen molar-refractivity contribution in [2.45, 2.75) is 38.1 Å². The number of hydrogen-bond donors (Lipinski definition) is 2. The Bertz CT molecular complexity index is 665. The molecule has 0 radical (unpaired) electrons. The number of rotatable bonds is 5. The lowest BCUT2D eigenvalue weighted by molar-refractivity contribution is -0.128. The van der Waals surface area contributed by atoms with Gasteiger partial charge in [0.1, 0.15) is 10.9 Å². The van der Waals surface area contributed by atoms with Crippen LogP contribution in [0, 0.1) is 17.3 Å². The summed E-state index contributed by atoms with van der Waals surface area (Å²) < 4.78 is 0. The number of carbonyl (C=O) groups excluding carboxylic acids is 1. The van der Waals surface area contributed by atoms with Crippen LogP contribution in [0.5, 0.6) is 0 Å². The van der Waals surface area contributed by atoms with E-state index in [-0.39, 0.29) is 11.8 Å². The van der Waals surface area contributed by atoms with Gasteiger partial charge in [0.2, 0.25) is 5.91 Å². The molecule has 4 nitrogen and oxygen atoms in total. The van der Waals surface area contributed by atoms with Crippen LogP contribution >= 0.6 is 11.6 Å². The Hall–Kier alpha value is -1.81. The van der Waals surface area contributed by atoms with Crippen molar-refractivity contribution in [2.75, 3.05) is 11.9 Å². The minimum atomic E-state index is -0.848. The summed E-state index contributed by atoms with van der Waals surface area (Å²) >= 11 is 6.49. The van der Waals surface area contributed by atoms with Crippen molar-refractivity contribution in [2.24, 2.45) is 28.0 Å². The highest BCUT2D eigenvalue weighted by Gasteiger charge is 2.50. The smallest absolute Gasteiger partial charge is 0.231 e. The first-order valence-corrected chi connectivity index (χ1v) is 9.42. The summed E-state index contributed by atoms with van der Waals surface area (Å²) in [7, 11) is 0. The maximum Gasteiger partial charge on any atom is 0.231 e. The van der Waals surface area contributed by atoms with E-state index in [1.807, 2.05) is 37.3 Å². The molecule has 3 rings (SSSR count). The van der Waals surface area contributed by atoms with Gasteiger partial charge in [-0.2, -0.15) is 0 Å². The molecule has 25 heavy (non-hydrogen) atoms. The lowest BCUT2D eigenvalue weighted by Crippen LogP contribution is -2.50. The van der Waals surface area contributed by atoms with Gasteiger partial charge in [0.15, 0.2) is 0 Å². The van der Waals surface area contributed by atoms with Gasteiger partial charge in [-0.05, 0) is 62.7 Å². The van der Waals surface area contributed by atoms with E-state index >= 15 is 0 Å². The monoisotopic (exact) mass is 359 g/mol. The van der Waals surface area contributed by atoms with Gasteiger partial charge in [0.05, 0.1) is 0 Å². The van der Waals surface area contributed by atoms with Gasteiger partial charge in [-0.1, -0.05) is 35.9 Å². The SMILES string of the molecule is CC1=NC(Cl)C(C(N)=O)(C2CCC(CNc3ccccc3)CC2)C=C1. The third-order valence-corrected chi connectivity index (χ3v) is 6.09. The molecule has 3 N–H and O–H groups in total. The number of halogens is 1. The lowest BCUT2D eigenvalue weighted by atomic mass is 9.65. The maximum atomic E-state index is 12.3. The zero-order valence-electron chi connectivity index (χ0n) is 14.6. The van der Waals surface area contributed by atoms with Crippen LogP contribution in [0.4, 0.5) is 5.69 Å². The average Bonchev–Trinajstić information content (AvgIpc) is 2.61. The predicted octanol–water partition coefficient (Wildman–Crippen LogP) is 3.97. The van der Waals surface area contributed by atoms with E-state index in [0.29, 0.717) is 5.92 Å². The molecule has 134 valence electrons. The van der Waals surface area contributed by atoms with E-state index in [1.54, 1.807) is 0 Å². The molecule has 5 heteroatoms. The normalized spacial score (nSPS) is 32.1. The van der Waals surface area contributed by atoms with Gasteiger partial charge in [-0.3, -0.25) is 9.79 Å². The summed E-state index contributed by atoms with van der Waals surface area (Å²) in [5, 5.41) is 3.50. The molecule has 0 saturated heterocycles. The first kappa shape index (κ1) is 18.0. The molecular weight excluding hydrogens is 334 g/mol. The van der Waals surface area contributed by atoms with Crippen LogP contribution in [0.3, 0.4) is 0 Å². The van der Waals surface area contributed by atoms with E-state index in [0.717, 1.165) is 43.6 Å². The van der Waals surface area contributed by atoms with Crippen LogP contribution in [0.25, 0.3) is 0 Å². The number of aliphatic imine (C=N–C) groups is 1. The summed E-state index contributed by atoms with van der Waals surface area (Å²) in [5.41, 5.74) is 6.33. The highest BCUT2D eigenvalue weighted by atomic mass is 35.5. The summed E-state index contributed by atoms with van der Waals surface area (Å²) in [5.74, 6) is 0.410. The number of amides is 1. The molecule has 0 bridgehead atoms. The minimum Gasteiger partial charge on any atom is -0.385 e. The van der Waals surface area contributed by atoms with Crippen LogP contribution in [0.1, 0.15) is 32.6 Å². The minimum absolute atomic E-state index is 0.161. The molecule has 1 aliphatic heterocycles. The molecule has 2 aliphatic rings. The molecule has 2 atom stereocenters. The van der Waals surface area contributed by atoms with Crippen molar-refractivity contribution in [1.29, 1.82) is 0 Å². The first-order chi connectivity index (χ1) is 12.0. The van der Waals surface area contributed by atoms with Gasteiger partial charge in [0, 0.05) is 17.9 Å². The number of dihydropyridines is 1. The Labute approximate surface area is 154 Å². The van der Waals surface area contributed by atoms with Gasteiger partial charge in [-0.25, -0.2) is 0 Å². The molecular formula is C20H26ClN3O. The Morgan fingerprint density at radius 3 is 2.56 bits per heavy atom. The van der Waals surface area contributed by atoms with E-state index in [2.05, 4.69) is 22.4 Å². The van der Waals surface area contributed by atoms with Crippen molar-refractivity contribution >= 4 is 28.9 Å². The number of alkyl halides is 1. The van der Waals surface area contributed by atoms with Gasteiger partial charge in [0.25, 0.3) is 0 Å². The molecule has 1 amide bonds. The number of benzene rings is 1. The van der Waals surface area contributed by atoms with Gasteiger partial charge < -0.3 is 11.1 Å². The van der Waals surface area contributed by atoms with Crippen molar-refractivity contribution in [3.8, 4) is 0 Å². The molecule has 1 saturated carbocycles.